The van der Waals surface area contributed by atoms with Crippen LogP contribution in [0.5, 0.6) is 0 Å². The summed E-state index contributed by atoms with van der Waals surface area (Å²) in [5, 5.41) is 3.19. The monoisotopic (exact) mass is 276 g/mol. The summed E-state index contributed by atoms with van der Waals surface area (Å²) < 4.78 is 5.40. The van der Waals surface area contributed by atoms with Gasteiger partial charge in [0, 0.05) is 6.04 Å². The first-order valence-electron chi connectivity index (χ1n) is 7.56. The molecule has 1 aromatic rings. The lowest BCUT2D eigenvalue weighted by Crippen LogP contribution is -2.18. The molecule has 0 radical (unpaired) electrons. The second kappa shape index (κ2) is 7.27. The minimum atomic E-state index is -0.317. The van der Waals surface area contributed by atoms with E-state index >= 15 is 0 Å². The molecule has 0 unspecified atom stereocenters. The average Bonchev–Trinajstić information content (AvgIpc) is 2.45. The molecular formula is C16H24N2O2. The predicted octanol–water partition coefficient (Wildman–Crippen LogP) is 3.64. The summed E-state index contributed by atoms with van der Waals surface area (Å²) in [6.07, 6.45) is 6.18. The molecule has 0 bridgehead atoms. The normalized spacial score (nSPS) is 16.1. The fourth-order valence-electron chi connectivity index (χ4n) is 2.55. The highest BCUT2D eigenvalue weighted by Crippen LogP contribution is 2.23. The van der Waals surface area contributed by atoms with Crippen LogP contribution >= 0.6 is 0 Å². The number of esters is 1. The van der Waals surface area contributed by atoms with Crippen LogP contribution in [-0.2, 0) is 4.74 Å². The maximum Gasteiger partial charge on any atom is 0.357 e. The Morgan fingerprint density at radius 2 is 2.10 bits per heavy atom. The van der Waals surface area contributed by atoms with Crippen molar-refractivity contribution in [2.75, 3.05) is 11.9 Å². The summed E-state index contributed by atoms with van der Waals surface area (Å²) in [4.78, 5) is 16.3. The van der Waals surface area contributed by atoms with Gasteiger partial charge in [0.2, 0.25) is 0 Å². The Morgan fingerprint density at radius 3 is 2.80 bits per heavy atom. The number of hydrogen-bond donors (Lipinski definition) is 1. The number of aromatic nitrogens is 1. The number of nitrogens with zero attached hydrogens (tertiary/aromatic N) is 1. The van der Waals surface area contributed by atoms with Crippen molar-refractivity contribution in [3.63, 3.8) is 0 Å². The molecule has 1 fully saturated rings. The van der Waals surface area contributed by atoms with Crippen molar-refractivity contribution in [1.82, 2.24) is 4.98 Å². The van der Waals surface area contributed by atoms with Crippen LogP contribution in [0, 0.1) is 5.92 Å². The highest BCUT2D eigenvalue weighted by atomic mass is 16.5. The zero-order chi connectivity index (χ0) is 14.4. The van der Waals surface area contributed by atoms with Crippen LogP contribution in [0.4, 0.5) is 5.82 Å². The van der Waals surface area contributed by atoms with E-state index < -0.39 is 0 Å². The smallest absolute Gasteiger partial charge is 0.357 e. The third kappa shape index (κ3) is 4.51. The van der Waals surface area contributed by atoms with Crippen LogP contribution in [0.2, 0.25) is 0 Å². The third-order valence-electron chi connectivity index (χ3n) is 3.57. The molecule has 20 heavy (non-hydrogen) atoms. The largest absolute Gasteiger partial charge is 0.461 e. The lowest BCUT2D eigenvalue weighted by Gasteiger charge is -2.20. The van der Waals surface area contributed by atoms with E-state index in [0.717, 1.165) is 0 Å². The Labute approximate surface area is 120 Å². The number of anilines is 1. The van der Waals surface area contributed by atoms with Crippen LogP contribution in [0.15, 0.2) is 18.2 Å². The third-order valence-corrected chi connectivity index (χ3v) is 3.57. The van der Waals surface area contributed by atoms with Crippen molar-refractivity contribution >= 4 is 11.8 Å². The fourth-order valence-corrected chi connectivity index (χ4v) is 2.55. The molecule has 2 rings (SSSR count). The van der Waals surface area contributed by atoms with Gasteiger partial charge in [0.05, 0.1) is 6.61 Å². The van der Waals surface area contributed by atoms with Gasteiger partial charge >= 0.3 is 5.97 Å². The lowest BCUT2D eigenvalue weighted by atomic mass is 9.90. The Kier molecular flexibility index (Phi) is 5.39. The van der Waals surface area contributed by atoms with E-state index in [0.29, 0.717) is 24.0 Å². The van der Waals surface area contributed by atoms with Gasteiger partial charge in [-0.05, 0) is 44.7 Å². The van der Waals surface area contributed by atoms with Crippen LogP contribution in [0.25, 0.3) is 0 Å². The van der Waals surface area contributed by atoms with Crippen LogP contribution in [-0.4, -0.2) is 23.6 Å². The number of pyridine rings is 1. The average molecular weight is 276 g/mol. The first-order valence-corrected chi connectivity index (χ1v) is 7.56. The van der Waals surface area contributed by atoms with Gasteiger partial charge in [-0.2, -0.15) is 0 Å². The molecule has 1 N–H and O–H groups in total. The maximum absolute atomic E-state index is 12.0. The molecule has 0 amide bonds. The number of nitrogens with one attached hydrogen (secondary N) is 1. The van der Waals surface area contributed by atoms with E-state index in [2.05, 4.69) is 10.3 Å². The summed E-state index contributed by atoms with van der Waals surface area (Å²) in [6, 6.07) is 5.68. The molecule has 0 saturated heterocycles. The molecule has 1 aromatic heterocycles. The molecule has 4 heteroatoms. The quantitative estimate of drug-likeness (QED) is 0.834. The van der Waals surface area contributed by atoms with E-state index in [-0.39, 0.29) is 12.0 Å². The van der Waals surface area contributed by atoms with Gasteiger partial charge in [0.15, 0.2) is 5.69 Å². The van der Waals surface area contributed by atoms with Crippen LogP contribution in [0.3, 0.4) is 0 Å². The molecule has 1 aliphatic rings. The van der Waals surface area contributed by atoms with Gasteiger partial charge in [-0.15, -0.1) is 0 Å². The van der Waals surface area contributed by atoms with Crippen LogP contribution < -0.4 is 5.32 Å². The van der Waals surface area contributed by atoms with Gasteiger partial charge in [-0.3, -0.25) is 0 Å². The van der Waals surface area contributed by atoms with E-state index in [1.807, 2.05) is 26.0 Å². The minimum Gasteiger partial charge on any atom is -0.461 e. The molecule has 0 atom stereocenters. The standard InChI is InChI=1S/C16H24N2O2/c1-12(2)17-15-10-6-9-14(18-15)16(19)20-11-13-7-4-3-5-8-13/h6,9-10,12-13H,3-5,7-8,11H2,1-2H3,(H,17,18). The van der Waals surface area contributed by atoms with Gasteiger partial charge < -0.3 is 10.1 Å². The van der Waals surface area contributed by atoms with Crippen LogP contribution in [0.1, 0.15) is 56.4 Å². The van der Waals surface area contributed by atoms with Crippen molar-refractivity contribution < 1.29 is 9.53 Å². The Hall–Kier alpha value is -1.58. The summed E-state index contributed by atoms with van der Waals surface area (Å²) in [5.41, 5.74) is 0.381. The summed E-state index contributed by atoms with van der Waals surface area (Å²) in [5.74, 6) is 0.930. The minimum absolute atomic E-state index is 0.288. The topological polar surface area (TPSA) is 51.2 Å². The molecule has 0 aliphatic heterocycles. The number of rotatable bonds is 5. The maximum atomic E-state index is 12.0. The number of carbonyl (C=O) groups is 1. The number of ether oxygens (including phenoxy) is 1. The number of carbonyl (C=O) groups excluding carboxylic acids is 1. The zero-order valence-corrected chi connectivity index (χ0v) is 12.4. The SMILES string of the molecule is CC(C)Nc1cccc(C(=O)OCC2CCCCC2)n1. The van der Waals surface area contributed by atoms with E-state index in [4.69, 9.17) is 4.74 Å². The van der Waals surface area contributed by atoms with E-state index in [1.54, 1.807) is 6.07 Å². The predicted molar refractivity (Wildman–Crippen MR) is 79.9 cm³/mol. The molecule has 4 nitrogen and oxygen atoms in total. The zero-order valence-electron chi connectivity index (χ0n) is 12.4. The summed E-state index contributed by atoms with van der Waals surface area (Å²) in [7, 11) is 0. The summed E-state index contributed by atoms with van der Waals surface area (Å²) in [6.45, 7) is 4.61. The van der Waals surface area contributed by atoms with Crippen molar-refractivity contribution in [2.45, 2.75) is 52.0 Å². The fraction of sp³-hybridized carbons (Fsp3) is 0.625. The second-order valence-corrected chi connectivity index (χ2v) is 5.81. The van der Waals surface area contributed by atoms with Gasteiger partial charge in [0.1, 0.15) is 5.82 Å². The van der Waals surface area contributed by atoms with E-state index in [9.17, 15) is 4.79 Å². The molecule has 1 aliphatic carbocycles. The highest BCUT2D eigenvalue weighted by Gasteiger charge is 2.17. The Bertz CT molecular complexity index is 440. The molecule has 110 valence electrons. The van der Waals surface area contributed by atoms with Gasteiger partial charge in [-0.1, -0.05) is 25.3 Å². The van der Waals surface area contributed by atoms with Gasteiger partial charge in [-0.25, -0.2) is 9.78 Å². The number of hydrogen-bond acceptors (Lipinski definition) is 4. The second-order valence-electron chi connectivity index (χ2n) is 5.81. The first-order chi connectivity index (χ1) is 9.65. The summed E-state index contributed by atoms with van der Waals surface area (Å²) >= 11 is 0. The first kappa shape index (κ1) is 14.8. The highest BCUT2D eigenvalue weighted by molar-refractivity contribution is 5.87. The molecule has 1 saturated carbocycles. The van der Waals surface area contributed by atoms with E-state index in [1.165, 1.54) is 32.1 Å². The van der Waals surface area contributed by atoms with Crippen molar-refractivity contribution in [3.05, 3.63) is 23.9 Å². The molecule has 0 spiro atoms. The molecule has 1 heterocycles. The van der Waals surface area contributed by atoms with Crippen molar-refractivity contribution in [3.8, 4) is 0 Å². The Balaban J connectivity index is 1.88. The molecular weight excluding hydrogens is 252 g/mol. The van der Waals surface area contributed by atoms with Gasteiger partial charge in [0.25, 0.3) is 0 Å². The van der Waals surface area contributed by atoms with Crippen molar-refractivity contribution in [2.24, 2.45) is 5.92 Å². The molecule has 0 aromatic carbocycles. The lowest BCUT2D eigenvalue weighted by molar-refractivity contribution is 0.0403. The Morgan fingerprint density at radius 1 is 1.35 bits per heavy atom. The van der Waals surface area contributed by atoms with Crippen molar-refractivity contribution in [1.29, 1.82) is 0 Å².